The Morgan fingerprint density at radius 3 is 2.70 bits per heavy atom. The van der Waals surface area contributed by atoms with Crippen molar-refractivity contribution in [3.05, 3.63) is 82.4 Å². The lowest BCUT2D eigenvalue weighted by Gasteiger charge is -2.44. The molecule has 5 aromatic rings. The van der Waals surface area contributed by atoms with E-state index in [9.17, 15) is 9.59 Å². The Morgan fingerprint density at radius 2 is 1.93 bits per heavy atom. The molecular formula is C35H37FN8O2. The third kappa shape index (κ3) is 4.47. The first-order valence-electron chi connectivity index (χ1n) is 15.7. The molecular weight excluding hydrogens is 583 g/mol. The molecule has 10 nitrogen and oxygen atoms in total. The lowest BCUT2D eigenvalue weighted by Crippen LogP contribution is -2.56. The molecule has 0 spiro atoms. The van der Waals surface area contributed by atoms with E-state index in [1.807, 2.05) is 57.8 Å². The number of nitrogens with one attached hydrogen (secondary N) is 1. The SMILES string of the molecule is C=CC(=O)N1CCN2c3nc(=O)n(-c4c(C)ccnc4C(C)C)c4cc(-c5c(C)ccc6[nH]ncc56)c(F)c(c34)N(C)CCC2C1. The summed E-state index contributed by atoms with van der Waals surface area (Å²) in [5.41, 5.74) is 5.55. The zero-order valence-electron chi connectivity index (χ0n) is 26.8. The fourth-order valence-corrected chi connectivity index (χ4v) is 7.23. The molecule has 1 fully saturated rings. The summed E-state index contributed by atoms with van der Waals surface area (Å²) in [5, 5.41) is 8.62. The molecule has 3 aromatic heterocycles. The van der Waals surface area contributed by atoms with Crippen molar-refractivity contribution in [3.63, 3.8) is 0 Å². The molecule has 1 N–H and O–H groups in total. The number of aromatic amines is 1. The van der Waals surface area contributed by atoms with Gasteiger partial charge in [0.15, 0.2) is 5.82 Å². The number of hydrogen-bond donors (Lipinski definition) is 1. The molecule has 1 unspecified atom stereocenters. The molecule has 5 heterocycles. The second-order valence-corrected chi connectivity index (χ2v) is 12.7. The minimum Gasteiger partial charge on any atom is -0.371 e. The van der Waals surface area contributed by atoms with Gasteiger partial charge in [-0.25, -0.2) is 9.18 Å². The number of aryl methyl sites for hydroxylation is 2. The summed E-state index contributed by atoms with van der Waals surface area (Å²) >= 11 is 0. The summed E-state index contributed by atoms with van der Waals surface area (Å²) in [5.74, 6) is -0.0632. The minimum absolute atomic E-state index is 0.0132. The molecule has 236 valence electrons. The summed E-state index contributed by atoms with van der Waals surface area (Å²) in [6.45, 7) is 13.6. The first kappa shape index (κ1) is 29.6. The van der Waals surface area contributed by atoms with E-state index < -0.39 is 5.69 Å². The highest BCUT2D eigenvalue weighted by atomic mass is 19.1. The van der Waals surface area contributed by atoms with Crippen molar-refractivity contribution < 1.29 is 9.18 Å². The average molecular weight is 621 g/mol. The third-order valence-electron chi connectivity index (χ3n) is 9.52. The van der Waals surface area contributed by atoms with Crippen LogP contribution in [0.15, 0.2) is 54.1 Å². The van der Waals surface area contributed by atoms with Crippen LogP contribution in [0.5, 0.6) is 0 Å². The van der Waals surface area contributed by atoms with Crippen LogP contribution in [0.2, 0.25) is 0 Å². The van der Waals surface area contributed by atoms with Gasteiger partial charge in [-0.15, -0.1) is 0 Å². The molecule has 2 aliphatic rings. The van der Waals surface area contributed by atoms with Crippen LogP contribution in [0.1, 0.15) is 43.0 Å². The van der Waals surface area contributed by atoms with Gasteiger partial charge in [0.25, 0.3) is 0 Å². The number of fused-ring (bicyclic) bond motifs is 3. The Hall–Kier alpha value is -5.06. The maximum Gasteiger partial charge on any atom is 0.354 e. The van der Waals surface area contributed by atoms with Crippen LogP contribution in [0.3, 0.4) is 0 Å². The van der Waals surface area contributed by atoms with Gasteiger partial charge in [-0.1, -0.05) is 26.5 Å². The first-order valence-corrected chi connectivity index (χ1v) is 15.7. The highest BCUT2D eigenvalue weighted by Gasteiger charge is 2.36. The number of pyridine rings is 1. The fraction of sp³-hybridized carbons (Fsp3) is 0.343. The number of nitrogens with zero attached hydrogens (tertiary/aromatic N) is 7. The van der Waals surface area contributed by atoms with E-state index >= 15 is 4.39 Å². The van der Waals surface area contributed by atoms with Gasteiger partial charge in [-0.3, -0.25) is 19.4 Å². The van der Waals surface area contributed by atoms with Gasteiger partial charge in [0, 0.05) is 56.4 Å². The van der Waals surface area contributed by atoms with Crippen LogP contribution < -0.4 is 15.5 Å². The van der Waals surface area contributed by atoms with Crippen molar-refractivity contribution in [2.75, 3.05) is 43.0 Å². The molecule has 0 aliphatic carbocycles. The van der Waals surface area contributed by atoms with E-state index in [2.05, 4.69) is 21.7 Å². The predicted octanol–water partition coefficient (Wildman–Crippen LogP) is 5.25. The number of piperazine rings is 1. The number of carbonyl (C=O) groups is 1. The number of hydrogen-bond acceptors (Lipinski definition) is 7. The molecule has 1 saturated heterocycles. The molecule has 2 aliphatic heterocycles. The van der Waals surface area contributed by atoms with Crippen LogP contribution in [-0.4, -0.2) is 74.8 Å². The summed E-state index contributed by atoms with van der Waals surface area (Å²) in [7, 11) is 1.88. The quantitative estimate of drug-likeness (QED) is 0.274. The number of halogens is 1. The monoisotopic (exact) mass is 620 g/mol. The smallest absolute Gasteiger partial charge is 0.354 e. The van der Waals surface area contributed by atoms with E-state index in [0.29, 0.717) is 66.3 Å². The van der Waals surface area contributed by atoms with Gasteiger partial charge >= 0.3 is 5.69 Å². The molecule has 0 saturated carbocycles. The maximum atomic E-state index is 17.4. The minimum atomic E-state index is -0.464. The van der Waals surface area contributed by atoms with E-state index in [1.165, 1.54) is 6.08 Å². The Bertz CT molecular complexity index is 2120. The molecule has 7 rings (SSSR count). The first-order chi connectivity index (χ1) is 22.1. The number of carbonyl (C=O) groups excluding carboxylic acids is 1. The van der Waals surface area contributed by atoms with Crippen molar-refractivity contribution >= 4 is 39.2 Å². The normalized spacial score (nSPS) is 16.6. The van der Waals surface area contributed by atoms with Gasteiger partial charge < -0.3 is 14.7 Å². The summed E-state index contributed by atoms with van der Waals surface area (Å²) in [6.07, 6.45) is 5.45. The molecule has 1 amide bonds. The van der Waals surface area contributed by atoms with Gasteiger partial charge in [0.1, 0.15) is 5.82 Å². The van der Waals surface area contributed by atoms with E-state index in [-0.39, 0.29) is 23.7 Å². The van der Waals surface area contributed by atoms with Crippen molar-refractivity contribution in [1.82, 2.24) is 29.6 Å². The van der Waals surface area contributed by atoms with Crippen LogP contribution in [0.4, 0.5) is 15.9 Å². The topological polar surface area (TPSA) is 103 Å². The number of benzene rings is 2. The lowest BCUT2D eigenvalue weighted by molar-refractivity contribution is -0.126. The van der Waals surface area contributed by atoms with Crippen LogP contribution in [-0.2, 0) is 4.79 Å². The second kappa shape index (κ2) is 11.1. The van der Waals surface area contributed by atoms with Crippen molar-refractivity contribution in [1.29, 1.82) is 0 Å². The number of anilines is 2. The Morgan fingerprint density at radius 1 is 1.13 bits per heavy atom. The van der Waals surface area contributed by atoms with Gasteiger partial charge in [0.05, 0.1) is 39.7 Å². The summed E-state index contributed by atoms with van der Waals surface area (Å²) in [4.78, 5) is 42.2. The van der Waals surface area contributed by atoms with E-state index in [4.69, 9.17) is 9.97 Å². The van der Waals surface area contributed by atoms with E-state index in [1.54, 1.807) is 27.9 Å². The molecule has 0 bridgehead atoms. The molecule has 0 radical (unpaired) electrons. The van der Waals surface area contributed by atoms with Crippen LogP contribution in [0.25, 0.3) is 38.6 Å². The standard InChI is InChI=1S/C35H37FN8O2/c1-7-27(45)42-14-15-43-22(18-42)11-13-41(6)33-29-26(16-23(30(33)36)28-20(4)8-9-25-24(28)17-38-40-25)44(35(46)39-34(29)43)32-21(5)10-12-37-31(32)19(2)3/h7-10,12,16-17,19,22H,1,11,13-15,18H2,2-6H3,(H,38,40). The average Bonchev–Trinajstić information content (AvgIpc) is 3.51. The summed E-state index contributed by atoms with van der Waals surface area (Å²) < 4.78 is 19.0. The third-order valence-corrected chi connectivity index (χ3v) is 9.52. The van der Waals surface area contributed by atoms with Crippen molar-refractivity contribution in [2.45, 2.75) is 46.1 Å². The van der Waals surface area contributed by atoms with Gasteiger partial charge in [-0.2, -0.15) is 10.1 Å². The Kier molecular flexibility index (Phi) is 7.14. The highest BCUT2D eigenvalue weighted by Crippen LogP contribution is 2.45. The number of aromatic nitrogens is 5. The maximum absolute atomic E-state index is 17.4. The second-order valence-electron chi connectivity index (χ2n) is 12.7. The Labute approximate surface area is 266 Å². The van der Waals surface area contributed by atoms with E-state index in [0.717, 1.165) is 33.3 Å². The number of rotatable bonds is 4. The highest BCUT2D eigenvalue weighted by molar-refractivity contribution is 6.07. The predicted molar refractivity (Wildman–Crippen MR) is 180 cm³/mol. The Balaban J connectivity index is 1.62. The van der Waals surface area contributed by atoms with Crippen molar-refractivity contribution in [3.8, 4) is 16.8 Å². The lowest BCUT2D eigenvalue weighted by atomic mass is 9.93. The zero-order chi connectivity index (χ0) is 32.4. The fourth-order valence-electron chi connectivity index (χ4n) is 7.23. The molecule has 2 aromatic carbocycles. The summed E-state index contributed by atoms with van der Waals surface area (Å²) in [6, 6.07) is 7.46. The van der Waals surface area contributed by atoms with Gasteiger partial charge in [0.2, 0.25) is 5.91 Å². The number of H-pyrrole nitrogens is 1. The molecule has 46 heavy (non-hydrogen) atoms. The number of amides is 1. The molecule has 11 heteroatoms. The zero-order valence-corrected chi connectivity index (χ0v) is 26.8. The van der Waals surface area contributed by atoms with Crippen LogP contribution in [0, 0.1) is 19.7 Å². The molecule has 1 atom stereocenters. The van der Waals surface area contributed by atoms with Crippen molar-refractivity contribution in [2.24, 2.45) is 0 Å². The van der Waals surface area contributed by atoms with Gasteiger partial charge in [-0.05, 0) is 67.2 Å². The van der Waals surface area contributed by atoms with Crippen LogP contribution >= 0.6 is 0 Å². The largest absolute Gasteiger partial charge is 0.371 e.